The van der Waals surface area contributed by atoms with E-state index >= 15 is 0 Å². The molecule has 0 saturated carbocycles. The van der Waals surface area contributed by atoms with Gasteiger partial charge in [-0.1, -0.05) is 6.92 Å². The van der Waals surface area contributed by atoms with E-state index < -0.39 is 0 Å². The zero-order valence-electron chi connectivity index (χ0n) is 10.2. The number of aliphatic hydroxyl groups is 1. The lowest BCUT2D eigenvalue weighted by atomic mass is 10.0. The van der Waals surface area contributed by atoms with Gasteiger partial charge in [-0.15, -0.1) is 0 Å². The summed E-state index contributed by atoms with van der Waals surface area (Å²) < 4.78 is 0. The molecule has 0 aromatic carbocycles. The van der Waals surface area contributed by atoms with Crippen molar-refractivity contribution in [1.29, 1.82) is 0 Å². The highest BCUT2D eigenvalue weighted by Gasteiger charge is 2.47. The third-order valence-electron chi connectivity index (χ3n) is 4.03. The standard InChI is InChI=1S/C12H24N2O/c1-4-5-13-7-11-6-10(13)8-14(11)12(2,3)9-15/h10-11,15H,4-9H2,1-3H3. The van der Waals surface area contributed by atoms with Crippen LogP contribution in [0.5, 0.6) is 0 Å². The minimum atomic E-state index is -0.0300. The Labute approximate surface area is 93.1 Å². The average Bonchev–Trinajstić information content (AvgIpc) is 2.77. The molecule has 0 aromatic rings. The topological polar surface area (TPSA) is 26.7 Å². The highest BCUT2D eigenvalue weighted by Crippen LogP contribution is 2.35. The van der Waals surface area contributed by atoms with Crippen molar-refractivity contribution in [3.63, 3.8) is 0 Å². The van der Waals surface area contributed by atoms with Gasteiger partial charge < -0.3 is 5.11 Å². The van der Waals surface area contributed by atoms with Gasteiger partial charge in [0.25, 0.3) is 0 Å². The molecule has 15 heavy (non-hydrogen) atoms. The van der Waals surface area contributed by atoms with Crippen molar-refractivity contribution in [1.82, 2.24) is 9.80 Å². The lowest BCUT2D eigenvalue weighted by Gasteiger charge is -2.43. The van der Waals surface area contributed by atoms with E-state index in [1.165, 1.54) is 25.9 Å². The van der Waals surface area contributed by atoms with Crippen LogP contribution in [0.3, 0.4) is 0 Å². The van der Waals surface area contributed by atoms with Crippen LogP contribution >= 0.6 is 0 Å². The van der Waals surface area contributed by atoms with E-state index in [1.807, 2.05) is 0 Å². The largest absolute Gasteiger partial charge is 0.394 e. The maximum absolute atomic E-state index is 9.40. The normalized spacial score (nSPS) is 32.8. The van der Waals surface area contributed by atoms with Crippen molar-refractivity contribution < 1.29 is 5.11 Å². The van der Waals surface area contributed by atoms with Crippen LogP contribution < -0.4 is 0 Å². The molecule has 3 heteroatoms. The second-order valence-electron chi connectivity index (χ2n) is 5.66. The minimum Gasteiger partial charge on any atom is -0.394 e. The molecule has 2 fully saturated rings. The van der Waals surface area contributed by atoms with E-state index in [0.717, 1.165) is 12.6 Å². The number of piperazine rings is 1. The zero-order valence-corrected chi connectivity index (χ0v) is 10.2. The van der Waals surface area contributed by atoms with Gasteiger partial charge in [0, 0.05) is 30.7 Å². The molecule has 3 nitrogen and oxygen atoms in total. The molecule has 2 heterocycles. The molecule has 2 aliphatic heterocycles. The zero-order chi connectivity index (χ0) is 11.1. The van der Waals surface area contributed by atoms with Crippen LogP contribution in [0.1, 0.15) is 33.6 Å². The van der Waals surface area contributed by atoms with Crippen molar-refractivity contribution in [3.05, 3.63) is 0 Å². The van der Waals surface area contributed by atoms with Crippen molar-refractivity contribution >= 4 is 0 Å². The van der Waals surface area contributed by atoms with Crippen LogP contribution in [0.15, 0.2) is 0 Å². The lowest BCUT2D eigenvalue weighted by molar-refractivity contribution is 0.0121. The predicted molar refractivity (Wildman–Crippen MR) is 61.9 cm³/mol. The summed E-state index contributed by atoms with van der Waals surface area (Å²) in [7, 11) is 0. The van der Waals surface area contributed by atoms with Gasteiger partial charge in [-0.05, 0) is 33.2 Å². The number of fused-ring (bicyclic) bond motifs is 2. The van der Waals surface area contributed by atoms with Crippen molar-refractivity contribution in [2.24, 2.45) is 0 Å². The van der Waals surface area contributed by atoms with E-state index in [-0.39, 0.29) is 12.1 Å². The van der Waals surface area contributed by atoms with Gasteiger partial charge in [-0.25, -0.2) is 0 Å². The fourth-order valence-corrected chi connectivity index (χ4v) is 3.14. The molecule has 2 atom stereocenters. The molecule has 2 saturated heterocycles. The third-order valence-corrected chi connectivity index (χ3v) is 4.03. The summed E-state index contributed by atoms with van der Waals surface area (Å²) in [6.45, 7) is 10.4. The molecule has 0 aromatic heterocycles. The summed E-state index contributed by atoms with van der Waals surface area (Å²) in [5, 5.41) is 9.40. The van der Waals surface area contributed by atoms with Gasteiger partial charge in [0.1, 0.15) is 0 Å². The highest BCUT2D eigenvalue weighted by atomic mass is 16.3. The lowest BCUT2D eigenvalue weighted by Crippen LogP contribution is -2.56. The Hall–Kier alpha value is -0.120. The summed E-state index contributed by atoms with van der Waals surface area (Å²) in [5.41, 5.74) is -0.0300. The molecular formula is C12H24N2O. The summed E-state index contributed by atoms with van der Waals surface area (Å²) >= 11 is 0. The van der Waals surface area contributed by atoms with Crippen LogP contribution in [0.2, 0.25) is 0 Å². The first-order valence-corrected chi connectivity index (χ1v) is 6.20. The maximum Gasteiger partial charge on any atom is 0.0610 e. The number of likely N-dealkylation sites (tertiary alicyclic amines) is 2. The first-order valence-electron chi connectivity index (χ1n) is 6.20. The molecule has 2 rings (SSSR count). The molecule has 0 aliphatic carbocycles. The molecule has 2 bridgehead atoms. The van der Waals surface area contributed by atoms with E-state index in [9.17, 15) is 5.11 Å². The molecule has 1 N–H and O–H groups in total. The van der Waals surface area contributed by atoms with Crippen molar-refractivity contribution in [3.8, 4) is 0 Å². The van der Waals surface area contributed by atoms with Gasteiger partial charge in [0.05, 0.1) is 6.61 Å². The number of nitrogens with zero attached hydrogens (tertiary/aromatic N) is 2. The molecule has 0 spiro atoms. The van der Waals surface area contributed by atoms with Crippen LogP contribution in [0, 0.1) is 0 Å². The van der Waals surface area contributed by atoms with E-state index in [2.05, 4.69) is 30.6 Å². The summed E-state index contributed by atoms with van der Waals surface area (Å²) in [6.07, 6.45) is 2.57. The highest BCUT2D eigenvalue weighted by molar-refractivity contribution is 5.03. The summed E-state index contributed by atoms with van der Waals surface area (Å²) in [6, 6.07) is 1.43. The van der Waals surface area contributed by atoms with Crippen LogP contribution in [0.4, 0.5) is 0 Å². The fraction of sp³-hybridized carbons (Fsp3) is 1.00. The van der Waals surface area contributed by atoms with Crippen LogP contribution in [-0.2, 0) is 0 Å². The first-order chi connectivity index (χ1) is 7.08. The Bertz CT molecular complexity index is 230. The second-order valence-corrected chi connectivity index (χ2v) is 5.66. The summed E-state index contributed by atoms with van der Waals surface area (Å²) in [4.78, 5) is 5.12. The smallest absolute Gasteiger partial charge is 0.0610 e. The maximum atomic E-state index is 9.40. The monoisotopic (exact) mass is 212 g/mol. The van der Waals surface area contributed by atoms with Gasteiger partial charge in [0.2, 0.25) is 0 Å². The fourth-order valence-electron chi connectivity index (χ4n) is 3.14. The number of hydrogen-bond acceptors (Lipinski definition) is 3. The minimum absolute atomic E-state index is 0.0300. The Morgan fingerprint density at radius 2 is 2.00 bits per heavy atom. The van der Waals surface area contributed by atoms with Gasteiger partial charge >= 0.3 is 0 Å². The molecule has 88 valence electrons. The first kappa shape index (κ1) is 11.4. The third kappa shape index (κ3) is 1.93. The molecule has 2 unspecified atom stereocenters. The average molecular weight is 212 g/mol. The second kappa shape index (κ2) is 4.04. The predicted octanol–water partition coefficient (Wildman–Crippen LogP) is 0.926. The van der Waals surface area contributed by atoms with Gasteiger partial charge in [-0.2, -0.15) is 0 Å². The number of rotatable bonds is 4. The number of aliphatic hydroxyl groups excluding tert-OH is 1. The SMILES string of the molecule is CCCN1CC2CC1CN2C(C)(C)CO. The Morgan fingerprint density at radius 3 is 2.47 bits per heavy atom. The summed E-state index contributed by atoms with van der Waals surface area (Å²) in [5.74, 6) is 0. The van der Waals surface area contributed by atoms with Gasteiger partial charge in [0.15, 0.2) is 0 Å². The number of hydrogen-bond donors (Lipinski definition) is 1. The van der Waals surface area contributed by atoms with Crippen LogP contribution in [-0.4, -0.2) is 58.8 Å². The Balaban J connectivity index is 1.97. The van der Waals surface area contributed by atoms with E-state index in [1.54, 1.807) is 0 Å². The van der Waals surface area contributed by atoms with E-state index in [0.29, 0.717) is 6.04 Å². The van der Waals surface area contributed by atoms with E-state index in [4.69, 9.17) is 0 Å². The van der Waals surface area contributed by atoms with Crippen molar-refractivity contribution in [2.45, 2.75) is 51.2 Å². The molecular weight excluding hydrogens is 188 g/mol. The molecule has 2 aliphatic rings. The Morgan fingerprint density at radius 1 is 1.27 bits per heavy atom. The quantitative estimate of drug-likeness (QED) is 0.751. The van der Waals surface area contributed by atoms with Gasteiger partial charge in [-0.3, -0.25) is 9.80 Å². The van der Waals surface area contributed by atoms with Crippen LogP contribution in [0.25, 0.3) is 0 Å². The Kier molecular flexibility index (Phi) is 3.06. The molecule has 0 amide bonds. The molecule has 0 radical (unpaired) electrons. The van der Waals surface area contributed by atoms with Crippen molar-refractivity contribution in [2.75, 3.05) is 26.2 Å².